The number of ether oxygens (including phenoxy) is 1. The average Bonchev–Trinajstić information content (AvgIpc) is 3.22. The normalized spacial score (nSPS) is 11.3. The van der Waals surface area contributed by atoms with E-state index in [0.29, 0.717) is 5.00 Å². The molecule has 3 aromatic rings. The van der Waals surface area contributed by atoms with E-state index in [1.54, 1.807) is 5.38 Å². The maximum absolute atomic E-state index is 13.2. The van der Waals surface area contributed by atoms with Gasteiger partial charge in [-0.3, -0.25) is 9.59 Å². The highest BCUT2D eigenvalue weighted by Gasteiger charge is 2.26. The van der Waals surface area contributed by atoms with Gasteiger partial charge in [-0.15, -0.1) is 11.3 Å². The highest BCUT2D eigenvalue weighted by atomic mass is 32.2. The van der Waals surface area contributed by atoms with Crippen LogP contribution < -0.4 is 15.8 Å². The van der Waals surface area contributed by atoms with E-state index in [1.165, 1.54) is 42.7 Å². The molecule has 0 radical (unpaired) electrons. The molecule has 2 amide bonds. The first-order valence-electron chi connectivity index (χ1n) is 9.11. The minimum absolute atomic E-state index is 0.0938. The summed E-state index contributed by atoms with van der Waals surface area (Å²) in [5, 5.41) is 4.52. The molecule has 0 bridgehead atoms. The zero-order valence-corrected chi connectivity index (χ0v) is 18.5. The van der Waals surface area contributed by atoms with Gasteiger partial charge in [0.05, 0.1) is 12.7 Å². The predicted octanol–water partition coefficient (Wildman–Crippen LogP) is 2.93. The summed E-state index contributed by atoms with van der Waals surface area (Å²) in [5.41, 5.74) is 6.40. The van der Waals surface area contributed by atoms with Crippen LogP contribution in [0.4, 0.5) is 5.00 Å². The second-order valence-electron chi connectivity index (χ2n) is 6.59. The lowest BCUT2D eigenvalue weighted by Crippen LogP contribution is -2.27. The third-order valence-corrected chi connectivity index (χ3v) is 7.17. The number of nitrogens with two attached hydrogens (primary N) is 1. The molecular weight excluding hydrogens is 438 g/mol. The Morgan fingerprint density at radius 2 is 1.84 bits per heavy atom. The van der Waals surface area contributed by atoms with E-state index in [1.807, 2.05) is 30.3 Å². The first-order valence-corrected chi connectivity index (χ1v) is 11.4. The van der Waals surface area contributed by atoms with Gasteiger partial charge in [0.1, 0.15) is 15.6 Å². The summed E-state index contributed by atoms with van der Waals surface area (Å²) in [6.45, 7) is 0.153. The zero-order valence-electron chi connectivity index (χ0n) is 16.9. The number of methoxy groups -OCH3 is 1. The number of thiophene rings is 1. The molecule has 1 heterocycles. The van der Waals surface area contributed by atoms with Crippen molar-refractivity contribution in [2.24, 2.45) is 5.73 Å². The second-order valence-corrected chi connectivity index (χ2v) is 9.52. The van der Waals surface area contributed by atoms with Crippen molar-refractivity contribution in [3.8, 4) is 5.75 Å². The topological polar surface area (TPSA) is 119 Å². The van der Waals surface area contributed by atoms with Gasteiger partial charge in [0, 0.05) is 19.2 Å². The Morgan fingerprint density at radius 3 is 2.48 bits per heavy atom. The molecule has 3 rings (SSSR count). The van der Waals surface area contributed by atoms with E-state index in [2.05, 4.69) is 5.32 Å². The Balaban J connectivity index is 1.91. The molecule has 0 aliphatic carbocycles. The van der Waals surface area contributed by atoms with Crippen molar-refractivity contribution >= 4 is 38.2 Å². The van der Waals surface area contributed by atoms with Gasteiger partial charge in [-0.25, -0.2) is 8.42 Å². The fraction of sp³-hybridized carbons (Fsp3) is 0.143. The van der Waals surface area contributed by atoms with E-state index < -0.39 is 21.8 Å². The number of primary amides is 1. The number of sulfonamides is 1. The maximum Gasteiger partial charge on any atom is 0.256 e. The number of anilines is 1. The molecule has 162 valence electrons. The van der Waals surface area contributed by atoms with Crippen LogP contribution in [0.15, 0.2) is 64.9 Å². The van der Waals surface area contributed by atoms with Gasteiger partial charge in [0.25, 0.3) is 11.8 Å². The predicted molar refractivity (Wildman–Crippen MR) is 119 cm³/mol. The third kappa shape index (κ3) is 4.93. The molecule has 0 aliphatic rings. The quantitative estimate of drug-likeness (QED) is 0.537. The van der Waals surface area contributed by atoms with E-state index in [4.69, 9.17) is 10.5 Å². The number of nitrogens with one attached hydrogen (secondary N) is 1. The summed E-state index contributed by atoms with van der Waals surface area (Å²) >= 11 is 1.14. The standard InChI is InChI=1S/C21H21N3O5S2/c1-24(13-14-6-4-3-5-7-14)31(27,28)18-12-15(8-9-17(18)29-2)20(26)23-21-16(19(22)25)10-11-30-21/h3-12H,13H2,1-2H3,(H2,22,25)(H,23,26). The van der Waals surface area contributed by atoms with Gasteiger partial charge in [0.15, 0.2) is 0 Å². The van der Waals surface area contributed by atoms with E-state index in [0.717, 1.165) is 16.9 Å². The molecular formula is C21H21N3O5S2. The number of benzene rings is 2. The van der Waals surface area contributed by atoms with Crippen molar-refractivity contribution in [3.63, 3.8) is 0 Å². The smallest absolute Gasteiger partial charge is 0.256 e. The molecule has 0 atom stereocenters. The number of carbonyl (C=O) groups excluding carboxylic acids is 2. The first-order chi connectivity index (χ1) is 14.7. The van der Waals surface area contributed by atoms with Crippen molar-refractivity contribution in [1.82, 2.24) is 4.31 Å². The van der Waals surface area contributed by atoms with Crippen molar-refractivity contribution in [3.05, 3.63) is 76.7 Å². The Labute approximate surface area is 184 Å². The van der Waals surface area contributed by atoms with Crippen LogP contribution in [0.1, 0.15) is 26.3 Å². The molecule has 0 unspecified atom stereocenters. The van der Waals surface area contributed by atoms with Crippen molar-refractivity contribution in [2.75, 3.05) is 19.5 Å². The Bertz CT molecular complexity index is 1210. The van der Waals surface area contributed by atoms with Gasteiger partial charge in [-0.05, 0) is 35.2 Å². The number of carbonyl (C=O) groups is 2. The van der Waals surface area contributed by atoms with Crippen molar-refractivity contribution in [1.29, 1.82) is 0 Å². The molecule has 0 fully saturated rings. The van der Waals surface area contributed by atoms with Gasteiger partial charge in [-0.1, -0.05) is 30.3 Å². The van der Waals surface area contributed by atoms with E-state index in [-0.39, 0.29) is 28.3 Å². The molecule has 1 aromatic heterocycles. The fourth-order valence-electron chi connectivity index (χ4n) is 2.89. The number of amides is 2. The Hall–Kier alpha value is -3.21. The average molecular weight is 460 g/mol. The summed E-state index contributed by atoms with van der Waals surface area (Å²) in [4.78, 5) is 24.1. The molecule has 0 spiro atoms. The largest absolute Gasteiger partial charge is 0.495 e. The lowest BCUT2D eigenvalue weighted by molar-refractivity contribution is 0.100. The Morgan fingerprint density at radius 1 is 1.13 bits per heavy atom. The van der Waals surface area contributed by atoms with Crippen LogP contribution in [0.5, 0.6) is 5.75 Å². The molecule has 0 aliphatic heterocycles. The highest BCUT2D eigenvalue weighted by molar-refractivity contribution is 7.89. The summed E-state index contributed by atoms with van der Waals surface area (Å²) in [5.74, 6) is -1.13. The third-order valence-electron chi connectivity index (χ3n) is 4.52. The van der Waals surface area contributed by atoms with Crippen LogP contribution in [0.3, 0.4) is 0 Å². The van der Waals surface area contributed by atoms with Crippen LogP contribution in [0.2, 0.25) is 0 Å². The molecule has 2 aromatic carbocycles. The van der Waals surface area contributed by atoms with Gasteiger partial charge < -0.3 is 15.8 Å². The SMILES string of the molecule is COc1ccc(C(=O)Nc2sccc2C(N)=O)cc1S(=O)(=O)N(C)Cc1ccccc1. The first kappa shape index (κ1) is 22.5. The molecule has 8 nitrogen and oxygen atoms in total. The Kier molecular flexibility index (Phi) is 6.74. The highest BCUT2D eigenvalue weighted by Crippen LogP contribution is 2.29. The van der Waals surface area contributed by atoms with Gasteiger partial charge >= 0.3 is 0 Å². The lowest BCUT2D eigenvalue weighted by atomic mass is 10.2. The number of hydrogen-bond donors (Lipinski definition) is 2. The number of nitrogens with zero attached hydrogens (tertiary/aromatic N) is 1. The molecule has 0 saturated heterocycles. The van der Waals surface area contributed by atoms with Crippen LogP contribution >= 0.6 is 11.3 Å². The summed E-state index contributed by atoms with van der Waals surface area (Å²) in [6, 6.07) is 14.8. The van der Waals surface area contributed by atoms with E-state index in [9.17, 15) is 18.0 Å². The molecule has 10 heteroatoms. The number of hydrogen-bond acceptors (Lipinski definition) is 6. The molecule has 0 saturated carbocycles. The number of rotatable bonds is 8. The van der Waals surface area contributed by atoms with Crippen LogP contribution in [0, 0.1) is 0 Å². The van der Waals surface area contributed by atoms with Crippen LogP contribution in [-0.2, 0) is 16.6 Å². The lowest BCUT2D eigenvalue weighted by Gasteiger charge is -2.19. The van der Waals surface area contributed by atoms with Crippen molar-refractivity contribution < 1.29 is 22.7 Å². The van der Waals surface area contributed by atoms with Gasteiger partial charge in [0.2, 0.25) is 10.0 Å². The monoisotopic (exact) mass is 459 g/mol. The molecule has 31 heavy (non-hydrogen) atoms. The summed E-state index contributed by atoms with van der Waals surface area (Å²) < 4.78 is 32.8. The van der Waals surface area contributed by atoms with Crippen molar-refractivity contribution in [2.45, 2.75) is 11.4 Å². The minimum atomic E-state index is -3.96. The maximum atomic E-state index is 13.2. The fourth-order valence-corrected chi connectivity index (χ4v) is 5.01. The molecule has 3 N–H and O–H groups in total. The second kappa shape index (κ2) is 9.29. The van der Waals surface area contributed by atoms with Crippen LogP contribution in [-0.4, -0.2) is 38.7 Å². The minimum Gasteiger partial charge on any atom is -0.495 e. The summed E-state index contributed by atoms with van der Waals surface area (Å²) in [7, 11) is -1.15. The van der Waals surface area contributed by atoms with Gasteiger partial charge in [-0.2, -0.15) is 4.31 Å². The van der Waals surface area contributed by atoms with Crippen LogP contribution in [0.25, 0.3) is 0 Å². The van der Waals surface area contributed by atoms with E-state index >= 15 is 0 Å². The summed E-state index contributed by atoms with van der Waals surface area (Å²) in [6.07, 6.45) is 0. The zero-order chi connectivity index (χ0) is 22.6.